The summed E-state index contributed by atoms with van der Waals surface area (Å²) in [5.74, 6) is -0.103. The summed E-state index contributed by atoms with van der Waals surface area (Å²) in [7, 11) is 0. The van der Waals surface area contributed by atoms with Crippen molar-refractivity contribution in [1.82, 2.24) is 10.6 Å². The van der Waals surface area contributed by atoms with E-state index in [4.69, 9.17) is 4.42 Å². The molecule has 0 atom stereocenters. The van der Waals surface area contributed by atoms with Gasteiger partial charge in [0.2, 0.25) is 0 Å². The molecule has 136 valence electrons. The third-order valence-corrected chi connectivity index (χ3v) is 3.92. The highest BCUT2D eigenvalue weighted by Gasteiger charge is 2.15. The van der Waals surface area contributed by atoms with Crippen molar-refractivity contribution in [3.63, 3.8) is 0 Å². The minimum Gasteiger partial charge on any atom is -0.467 e. The molecule has 1 aromatic heterocycles. The molecule has 3 aromatic rings. The maximum atomic E-state index is 12.6. The molecule has 5 heteroatoms. The summed E-state index contributed by atoms with van der Waals surface area (Å²) < 4.78 is 5.22. The summed E-state index contributed by atoms with van der Waals surface area (Å²) in [5, 5.41) is 5.47. The maximum Gasteiger partial charge on any atom is 0.268 e. The Kier molecular flexibility index (Phi) is 5.84. The quantitative estimate of drug-likeness (QED) is 0.659. The van der Waals surface area contributed by atoms with Crippen LogP contribution in [0.25, 0.3) is 6.08 Å². The number of hydrogen-bond acceptors (Lipinski definition) is 3. The van der Waals surface area contributed by atoms with Crippen molar-refractivity contribution in [1.29, 1.82) is 0 Å². The highest BCUT2D eigenvalue weighted by Crippen LogP contribution is 2.09. The zero-order chi connectivity index (χ0) is 19.1. The normalized spacial score (nSPS) is 11.1. The molecule has 2 aromatic carbocycles. The van der Waals surface area contributed by atoms with Gasteiger partial charge in [-0.2, -0.15) is 0 Å². The fourth-order valence-electron chi connectivity index (χ4n) is 2.45. The fourth-order valence-corrected chi connectivity index (χ4v) is 2.45. The van der Waals surface area contributed by atoms with E-state index in [1.807, 2.05) is 49.4 Å². The van der Waals surface area contributed by atoms with Gasteiger partial charge in [-0.25, -0.2) is 0 Å². The molecule has 5 nitrogen and oxygen atoms in total. The van der Waals surface area contributed by atoms with Crippen molar-refractivity contribution in [2.24, 2.45) is 0 Å². The summed E-state index contributed by atoms with van der Waals surface area (Å²) in [6.45, 7) is 2.18. The average Bonchev–Trinajstić information content (AvgIpc) is 3.20. The van der Waals surface area contributed by atoms with Crippen LogP contribution < -0.4 is 10.6 Å². The Morgan fingerprint density at radius 3 is 2.37 bits per heavy atom. The third-order valence-electron chi connectivity index (χ3n) is 3.92. The first kappa shape index (κ1) is 18.2. The number of hydrogen-bond donors (Lipinski definition) is 2. The number of carbonyl (C=O) groups is 2. The van der Waals surface area contributed by atoms with Crippen LogP contribution in [0.5, 0.6) is 0 Å². The number of amides is 2. The lowest BCUT2D eigenvalue weighted by Crippen LogP contribution is -2.34. The van der Waals surface area contributed by atoms with Gasteiger partial charge in [0.05, 0.1) is 12.8 Å². The van der Waals surface area contributed by atoms with E-state index in [0.717, 1.165) is 11.1 Å². The van der Waals surface area contributed by atoms with E-state index in [0.29, 0.717) is 11.3 Å². The van der Waals surface area contributed by atoms with Crippen LogP contribution in [0, 0.1) is 6.92 Å². The van der Waals surface area contributed by atoms with Crippen molar-refractivity contribution in [2.45, 2.75) is 13.5 Å². The second-order valence-corrected chi connectivity index (χ2v) is 6.05. The van der Waals surface area contributed by atoms with Crippen molar-refractivity contribution >= 4 is 17.9 Å². The van der Waals surface area contributed by atoms with Gasteiger partial charge < -0.3 is 15.1 Å². The Labute approximate surface area is 157 Å². The predicted molar refractivity (Wildman–Crippen MR) is 104 cm³/mol. The third kappa shape index (κ3) is 5.19. The molecule has 0 saturated heterocycles. The van der Waals surface area contributed by atoms with Crippen LogP contribution in [-0.2, 0) is 11.3 Å². The molecule has 0 fully saturated rings. The standard InChI is InChI=1S/C22H20N2O3/c1-16-9-11-18(12-10-16)21(25)24-20(14-17-6-3-2-4-7-17)22(26)23-15-19-8-5-13-27-19/h2-14H,15H2,1H3,(H,23,26)(H,24,25)/b20-14+. The lowest BCUT2D eigenvalue weighted by molar-refractivity contribution is -0.118. The van der Waals surface area contributed by atoms with E-state index in [9.17, 15) is 9.59 Å². The number of furan rings is 1. The zero-order valence-electron chi connectivity index (χ0n) is 14.9. The van der Waals surface area contributed by atoms with Crippen LogP contribution in [0.4, 0.5) is 0 Å². The molecular formula is C22H20N2O3. The van der Waals surface area contributed by atoms with E-state index in [-0.39, 0.29) is 18.1 Å². The Morgan fingerprint density at radius 2 is 1.70 bits per heavy atom. The summed E-state index contributed by atoms with van der Waals surface area (Å²) in [5.41, 5.74) is 2.52. The molecule has 3 rings (SSSR count). The molecule has 27 heavy (non-hydrogen) atoms. The minimum atomic E-state index is -0.393. The Hall–Kier alpha value is -3.60. The second kappa shape index (κ2) is 8.67. The molecule has 0 bridgehead atoms. The molecule has 0 radical (unpaired) electrons. The van der Waals surface area contributed by atoms with Gasteiger partial charge in [-0.3, -0.25) is 9.59 Å². The predicted octanol–water partition coefficient (Wildman–Crippen LogP) is 3.68. The van der Waals surface area contributed by atoms with Gasteiger partial charge in [-0.15, -0.1) is 0 Å². The Morgan fingerprint density at radius 1 is 0.963 bits per heavy atom. The molecule has 0 aliphatic carbocycles. The lowest BCUT2D eigenvalue weighted by Gasteiger charge is -2.11. The van der Waals surface area contributed by atoms with Crippen molar-refractivity contribution in [2.75, 3.05) is 0 Å². The number of rotatable bonds is 6. The largest absolute Gasteiger partial charge is 0.467 e. The Balaban J connectivity index is 1.78. The van der Waals surface area contributed by atoms with Gasteiger partial charge >= 0.3 is 0 Å². The molecule has 0 spiro atoms. The Bertz CT molecular complexity index is 927. The molecule has 0 saturated carbocycles. The van der Waals surface area contributed by atoms with E-state index in [1.54, 1.807) is 36.6 Å². The highest BCUT2D eigenvalue weighted by molar-refractivity contribution is 6.05. The van der Waals surface area contributed by atoms with Crippen LogP contribution in [0.1, 0.15) is 27.2 Å². The average molecular weight is 360 g/mol. The lowest BCUT2D eigenvalue weighted by atomic mass is 10.1. The SMILES string of the molecule is Cc1ccc(C(=O)N/C(=C/c2ccccc2)C(=O)NCc2ccco2)cc1. The summed E-state index contributed by atoms with van der Waals surface area (Å²) >= 11 is 0. The number of carbonyl (C=O) groups excluding carboxylic acids is 2. The van der Waals surface area contributed by atoms with E-state index >= 15 is 0 Å². The first-order valence-corrected chi connectivity index (χ1v) is 8.57. The summed E-state index contributed by atoms with van der Waals surface area (Å²) in [6, 6.07) is 20.0. The van der Waals surface area contributed by atoms with Crippen LogP contribution in [0.2, 0.25) is 0 Å². The topological polar surface area (TPSA) is 71.3 Å². The second-order valence-electron chi connectivity index (χ2n) is 6.05. The zero-order valence-corrected chi connectivity index (χ0v) is 14.9. The number of benzene rings is 2. The van der Waals surface area contributed by atoms with E-state index in [1.165, 1.54) is 0 Å². The first-order valence-electron chi connectivity index (χ1n) is 8.57. The van der Waals surface area contributed by atoms with Gasteiger partial charge in [-0.1, -0.05) is 48.0 Å². The molecular weight excluding hydrogens is 340 g/mol. The summed E-state index contributed by atoms with van der Waals surface area (Å²) in [4.78, 5) is 25.2. The monoisotopic (exact) mass is 360 g/mol. The maximum absolute atomic E-state index is 12.6. The molecule has 0 unspecified atom stereocenters. The van der Waals surface area contributed by atoms with Crippen molar-refractivity contribution in [3.8, 4) is 0 Å². The van der Waals surface area contributed by atoms with Crippen molar-refractivity contribution in [3.05, 3.63) is 101 Å². The van der Waals surface area contributed by atoms with Crippen LogP contribution in [0.3, 0.4) is 0 Å². The van der Waals surface area contributed by atoms with E-state index in [2.05, 4.69) is 10.6 Å². The fraction of sp³-hybridized carbons (Fsp3) is 0.0909. The van der Waals surface area contributed by atoms with Gasteiger partial charge in [-0.05, 0) is 42.8 Å². The minimum absolute atomic E-state index is 0.165. The van der Waals surface area contributed by atoms with Gasteiger partial charge in [0.1, 0.15) is 11.5 Å². The smallest absolute Gasteiger partial charge is 0.268 e. The molecule has 0 aliphatic heterocycles. The van der Waals surface area contributed by atoms with Crippen LogP contribution in [-0.4, -0.2) is 11.8 Å². The van der Waals surface area contributed by atoms with Gasteiger partial charge in [0.25, 0.3) is 11.8 Å². The van der Waals surface area contributed by atoms with Gasteiger partial charge in [0.15, 0.2) is 0 Å². The van der Waals surface area contributed by atoms with Gasteiger partial charge in [0, 0.05) is 5.56 Å². The van der Waals surface area contributed by atoms with Crippen LogP contribution >= 0.6 is 0 Å². The first-order chi connectivity index (χ1) is 13.1. The van der Waals surface area contributed by atoms with Crippen LogP contribution in [0.15, 0.2) is 83.1 Å². The molecule has 1 heterocycles. The molecule has 2 N–H and O–H groups in total. The summed E-state index contributed by atoms with van der Waals surface area (Å²) in [6.07, 6.45) is 3.19. The van der Waals surface area contributed by atoms with Crippen molar-refractivity contribution < 1.29 is 14.0 Å². The number of nitrogens with one attached hydrogen (secondary N) is 2. The highest BCUT2D eigenvalue weighted by atomic mass is 16.3. The number of aryl methyl sites for hydroxylation is 1. The molecule has 2 amide bonds. The van der Waals surface area contributed by atoms with E-state index < -0.39 is 5.91 Å². The molecule has 0 aliphatic rings.